The van der Waals surface area contributed by atoms with Crippen molar-refractivity contribution in [3.63, 3.8) is 0 Å². The van der Waals surface area contributed by atoms with Gasteiger partial charge in [0.2, 0.25) is 6.79 Å². The smallest absolute Gasteiger partial charge is 0.253 e. The average molecular weight is 411 g/mol. The lowest BCUT2D eigenvalue weighted by molar-refractivity contribution is 0.174. The molecule has 0 amide bonds. The first-order chi connectivity index (χ1) is 14.1. The fraction of sp³-hybridized carbons (Fsp3) is 0.238. The van der Waals surface area contributed by atoms with Crippen molar-refractivity contribution in [2.24, 2.45) is 0 Å². The molecule has 0 saturated heterocycles. The van der Waals surface area contributed by atoms with Crippen LogP contribution in [0.25, 0.3) is 10.9 Å². The zero-order valence-corrected chi connectivity index (χ0v) is 17.0. The number of fused-ring (bicyclic) bond motifs is 2. The van der Waals surface area contributed by atoms with Crippen LogP contribution < -0.4 is 25.1 Å². The standard InChI is InChI=1S/C21H21N3O4S/c1-22-21(29)24(10-13-3-5-16(26-2)6-4-13)11-15-7-14-8-18-19(28-12-27-18)9-17(14)23-20(15)25/h3-9H,10-12H2,1-2H3,(H,22,29)(H,23,25). The van der Waals surface area contributed by atoms with E-state index in [-0.39, 0.29) is 12.4 Å². The number of nitrogens with one attached hydrogen (secondary N) is 2. The van der Waals surface area contributed by atoms with E-state index in [2.05, 4.69) is 10.3 Å². The van der Waals surface area contributed by atoms with Crippen LogP contribution in [0.3, 0.4) is 0 Å². The summed E-state index contributed by atoms with van der Waals surface area (Å²) in [7, 11) is 3.41. The van der Waals surface area contributed by atoms with Crippen LogP contribution in [0.1, 0.15) is 11.1 Å². The molecule has 2 heterocycles. The van der Waals surface area contributed by atoms with Gasteiger partial charge < -0.3 is 29.4 Å². The van der Waals surface area contributed by atoms with Gasteiger partial charge in [-0.05, 0) is 42.0 Å². The molecule has 0 fully saturated rings. The van der Waals surface area contributed by atoms with E-state index < -0.39 is 0 Å². The summed E-state index contributed by atoms with van der Waals surface area (Å²) in [5.41, 5.74) is 2.22. The van der Waals surface area contributed by atoms with Crippen LogP contribution in [0.2, 0.25) is 0 Å². The Kier molecular flexibility index (Phi) is 5.26. The molecule has 150 valence electrons. The molecular weight excluding hydrogens is 390 g/mol. The Morgan fingerprint density at radius 1 is 1.17 bits per heavy atom. The Morgan fingerprint density at radius 3 is 2.59 bits per heavy atom. The van der Waals surface area contributed by atoms with Crippen molar-refractivity contribution in [1.29, 1.82) is 0 Å². The summed E-state index contributed by atoms with van der Waals surface area (Å²) in [5, 5.41) is 4.44. The van der Waals surface area contributed by atoms with Gasteiger partial charge in [0, 0.05) is 30.6 Å². The fourth-order valence-corrected chi connectivity index (χ4v) is 3.40. The van der Waals surface area contributed by atoms with E-state index in [1.165, 1.54) is 0 Å². The molecule has 2 aromatic carbocycles. The number of rotatable bonds is 5. The third-order valence-corrected chi connectivity index (χ3v) is 5.27. The lowest BCUT2D eigenvalue weighted by Crippen LogP contribution is -2.38. The highest BCUT2D eigenvalue weighted by molar-refractivity contribution is 7.80. The second kappa shape index (κ2) is 8.00. The highest BCUT2D eigenvalue weighted by atomic mass is 32.1. The summed E-state index contributed by atoms with van der Waals surface area (Å²) in [4.78, 5) is 17.6. The quantitative estimate of drug-likeness (QED) is 0.625. The SMILES string of the molecule is CNC(=S)N(Cc1ccc(OC)cc1)Cc1cc2cc3c(cc2[nH]c1=O)OCO3. The highest BCUT2D eigenvalue weighted by Crippen LogP contribution is 2.35. The maximum atomic E-state index is 12.7. The van der Waals surface area contributed by atoms with Gasteiger partial charge in [-0.15, -0.1) is 0 Å². The lowest BCUT2D eigenvalue weighted by atomic mass is 10.1. The minimum Gasteiger partial charge on any atom is -0.497 e. The molecule has 2 N–H and O–H groups in total. The van der Waals surface area contributed by atoms with Crippen LogP contribution in [0.15, 0.2) is 47.3 Å². The number of pyridine rings is 1. The summed E-state index contributed by atoms with van der Waals surface area (Å²) in [6.07, 6.45) is 0. The average Bonchev–Trinajstić information content (AvgIpc) is 3.19. The van der Waals surface area contributed by atoms with E-state index in [9.17, 15) is 4.79 Å². The third-order valence-electron chi connectivity index (χ3n) is 4.81. The number of methoxy groups -OCH3 is 1. The van der Waals surface area contributed by atoms with Crippen LogP contribution in [-0.2, 0) is 13.1 Å². The van der Waals surface area contributed by atoms with Gasteiger partial charge in [-0.3, -0.25) is 4.79 Å². The summed E-state index contributed by atoms with van der Waals surface area (Å²) < 4.78 is 16.0. The molecule has 1 aliphatic rings. The number of aromatic nitrogens is 1. The van der Waals surface area contributed by atoms with Gasteiger partial charge in [-0.1, -0.05) is 12.1 Å². The normalized spacial score (nSPS) is 12.1. The van der Waals surface area contributed by atoms with Gasteiger partial charge in [-0.2, -0.15) is 0 Å². The zero-order valence-electron chi connectivity index (χ0n) is 16.2. The van der Waals surface area contributed by atoms with E-state index in [0.717, 1.165) is 16.7 Å². The number of benzene rings is 2. The summed E-state index contributed by atoms with van der Waals surface area (Å²) in [6.45, 7) is 1.11. The first-order valence-corrected chi connectivity index (χ1v) is 9.53. The maximum Gasteiger partial charge on any atom is 0.253 e. The Morgan fingerprint density at radius 2 is 1.90 bits per heavy atom. The number of thiocarbonyl (C=S) groups is 1. The van der Waals surface area contributed by atoms with Crippen molar-refractivity contribution in [3.8, 4) is 17.2 Å². The largest absolute Gasteiger partial charge is 0.497 e. The second-order valence-corrected chi connectivity index (χ2v) is 7.06. The number of hydrogen-bond donors (Lipinski definition) is 2. The molecule has 0 atom stereocenters. The van der Waals surface area contributed by atoms with E-state index in [1.807, 2.05) is 41.3 Å². The molecule has 0 spiro atoms. The molecule has 1 aromatic heterocycles. The predicted molar refractivity (Wildman–Crippen MR) is 115 cm³/mol. The van der Waals surface area contributed by atoms with Gasteiger partial charge in [0.25, 0.3) is 5.56 Å². The van der Waals surface area contributed by atoms with E-state index >= 15 is 0 Å². The van der Waals surface area contributed by atoms with Crippen molar-refractivity contribution in [3.05, 3.63) is 63.9 Å². The van der Waals surface area contributed by atoms with E-state index in [1.54, 1.807) is 20.2 Å². The van der Waals surface area contributed by atoms with Crippen LogP contribution in [-0.4, -0.2) is 35.9 Å². The van der Waals surface area contributed by atoms with E-state index in [0.29, 0.717) is 40.8 Å². The number of ether oxygens (including phenoxy) is 3. The van der Waals surface area contributed by atoms with Gasteiger partial charge in [0.05, 0.1) is 19.2 Å². The second-order valence-electron chi connectivity index (χ2n) is 6.68. The highest BCUT2D eigenvalue weighted by Gasteiger charge is 2.17. The molecule has 1 aliphatic heterocycles. The molecule has 0 bridgehead atoms. The first-order valence-electron chi connectivity index (χ1n) is 9.12. The monoisotopic (exact) mass is 411 g/mol. The van der Waals surface area contributed by atoms with Crippen LogP contribution in [0.4, 0.5) is 0 Å². The Bertz CT molecular complexity index is 1110. The van der Waals surface area contributed by atoms with Crippen molar-refractivity contribution in [2.75, 3.05) is 21.0 Å². The Labute approximate surface area is 173 Å². The lowest BCUT2D eigenvalue weighted by Gasteiger charge is -2.25. The van der Waals surface area contributed by atoms with Gasteiger partial charge in [-0.25, -0.2) is 0 Å². The van der Waals surface area contributed by atoms with Crippen LogP contribution in [0, 0.1) is 0 Å². The minimum absolute atomic E-state index is 0.157. The van der Waals surface area contributed by atoms with Gasteiger partial charge in [0.15, 0.2) is 16.6 Å². The van der Waals surface area contributed by atoms with Crippen molar-refractivity contribution >= 4 is 28.2 Å². The molecule has 29 heavy (non-hydrogen) atoms. The summed E-state index contributed by atoms with van der Waals surface area (Å²) in [6, 6.07) is 13.3. The summed E-state index contributed by atoms with van der Waals surface area (Å²) in [5.74, 6) is 2.11. The van der Waals surface area contributed by atoms with Gasteiger partial charge in [0.1, 0.15) is 5.75 Å². The zero-order chi connectivity index (χ0) is 20.4. The molecule has 4 rings (SSSR count). The molecule has 7 nitrogen and oxygen atoms in total. The molecule has 0 unspecified atom stereocenters. The molecule has 0 radical (unpaired) electrons. The number of H-pyrrole nitrogens is 1. The third kappa shape index (κ3) is 3.97. The van der Waals surface area contributed by atoms with Gasteiger partial charge >= 0.3 is 0 Å². The number of aromatic amines is 1. The molecule has 8 heteroatoms. The number of hydrogen-bond acceptors (Lipinski definition) is 5. The van der Waals surface area contributed by atoms with E-state index in [4.69, 9.17) is 26.4 Å². The Hall–Kier alpha value is -3.26. The first kappa shape index (κ1) is 19.1. The van der Waals surface area contributed by atoms with Crippen molar-refractivity contribution in [1.82, 2.24) is 15.2 Å². The summed E-state index contributed by atoms with van der Waals surface area (Å²) >= 11 is 5.47. The topological polar surface area (TPSA) is 75.8 Å². The number of nitrogens with zero attached hydrogens (tertiary/aromatic N) is 1. The van der Waals surface area contributed by atoms with Crippen molar-refractivity contribution in [2.45, 2.75) is 13.1 Å². The maximum absolute atomic E-state index is 12.7. The van der Waals surface area contributed by atoms with Crippen LogP contribution >= 0.6 is 12.2 Å². The minimum atomic E-state index is -0.157. The molecule has 0 saturated carbocycles. The predicted octanol–water partition coefficient (Wildman–Crippen LogP) is 2.77. The van der Waals surface area contributed by atoms with Crippen LogP contribution in [0.5, 0.6) is 17.2 Å². The molecule has 3 aromatic rings. The van der Waals surface area contributed by atoms with Crippen molar-refractivity contribution < 1.29 is 14.2 Å². The molecular formula is C21H21N3O4S. The Balaban J connectivity index is 1.63. The fourth-order valence-electron chi connectivity index (χ4n) is 3.27. The molecule has 0 aliphatic carbocycles.